The number of methoxy groups -OCH3 is 1. The molecule has 1 aliphatic rings. The molecule has 1 fully saturated rings. The maximum absolute atomic E-state index is 12.4. The third kappa shape index (κ3) is 3.10. The largest absolute Gasteiger partial charge is 0.385 e. The highest BCUT2D eigenvalue weighted by atomic mass is 16.5. The molecule has 2 heterocycles. The van der Waals surface area contributed by atoms with E-state index < -0.39 is 5.41 Å². The fraction of sp³-hybridized carbons (Fsp3) is 0.600. The Balaban J connectivity index is 2.03. The number of carbonyl (C=O) groups is 2. The summed E-state index contributed by atoms with van der Waals surface area (Å²) in [6.45, 7) is 1.61. The van der Waals surface area contributed by atoms with Crippen LogP contribution in [0.5, 0.6) is 0 Å². The first-order chi connectivity index (χ1) is 10.00. The lowest BCUT2D eigenvalue weighted by Crippen LogP contribution is -2.49. The standard InChI is InChI=1S/C15H23N3O3/c1-17-8-3-4-12(17)13(19)18-9-5-15(6-10-18,14(16)20)7-11-21-2/h3-4,8H,5-7,9-11H2,1-2H3,(H2,16,20). The number of primary amides is 1. The van der Waals surface area contributed by atoms with Crippen molar-refractivity contribution in [3.63, 3.8) is 0 Å². The molecule has 116 valence electrons. The lowest BCUT2D eigenvalue weighted by molar-refractivity contribution is -0.131. The average Bonchev–Trinajstić information content (AvgIpc) is 2.91. The summed E-state index contributed by atoms with van der Waals surface area (Å²) in [5.41, 5.74) is 5.71. The zero-order valence-corrected chi connectivity index (χ0v) is 12.7. The van der Waals surface area contributed by atoms with Crippen molar-refractivity contribution in [2.75, 3.05) is 26.8 Å². The van der Waals surface area contributed by atoms with Gasteiger partial charge in [0.05, 0.1) is 5.41 Å². The fourth-order valence-electron chi connectivity index (χ4n) is 2.90. The molecular weight excluding hydrogens is 270 g/mol. The molecule has 0 bridgehead atoms. The minimum atomic E-state index is -0.541. The number of nitrogens with zero attached hydrogens (tertiary/aromatic N) is 2. The van der Waals surface area contributed by atoms with Crippen molar-refractivity contribution >= 4 is 11.8 Å². The van der Waals surface area contributed by atoms with E-state index in [4.69, 9.17) is 10.5 Å². The van der Waals surface area contributed by atoms with Crippen molar-refractivity contribution in [2.24, 2.45) is 18.2 Å². The van der Waals surface area contributed by atoms with Gasteiger partial charge in [-0.25, -0.2) is 0 Å². The molecule has 0 spiro atoms. The van der Waals surface area contributed by atoms with Gasteiger partial charge in [-0.1, -0.05) is 0 Å². The van der Waals surface area contributed by atoms with Crippen molar-refractivity contribution in [1.29, 1.82) is 0 Å². The molecule has 2 amide bonds. The molecule has 21 heavy (non-hydrogen) atoms. The van der Waals surface area contributed by atoms with Gasteiger partial charge in [-0.15, -0.1) is 0 Å². The Labute approximate surface area is 124 Å². The number of amides is 2. The molecule has 1 aromatic rings. The molecule has 6 nitrogen and oxygen atoms in total. The third-order valence-corrected chi connectivity index (χ3v) is 4.48. The number of aryl methyl sites for hydroxylation is 1. The lowest BCUT2D eigenvalue weighted by Gasteiger charge is -2.39. The van der Waals surface area contributed by atoms with Crippen LogP contribution in [-0.2, 0) is 16.6 Å². The third-order valence-electron chi connectivity index (χ3n) is 4.48. The summed E-state index contributed by atoms with van der Waals surface area (Å²) in [5, 5.41) is 0. The highest BCUT2D eigenvalue weighted by molar-refractivity contribution is 5.93. The Kier molecular flexibility index (Phi) is 4.67. The predicted octanol–water partition coefficient (Wildman–Crippen LogP) is 0.769. The van der Waals surface area contributed by atoms with Crippen LogP contribution >= 0.6 is 0 Å². The van der Waals surface area contributed by atoms with E-state index in [-0.39, 0.29) is 11.8 Å². The van der Waals surface area contributed by atoms with Gasteiger partial charge in [0.15, 0.2) is 0 Å². The maximum Gasteiger partial charge on any atom is 0.270 e. The van der Waals surface area contributed by atoms with Crippen LogP contribution in [0.2, 0.25) is 0 Å². The van der Waals surface area contributed by atoms with Crippen LogP contribution in [-0.4, -0.2) is 48.1 Å². The topological polar surface area (TPSA) is 77.6 Å². The molecule has 0 saturated carbocycles. The Hall–Kier alpha value is -1.82. The minimum absolute atomic E-state index is 0.00677. The Morgan fingerprint density at radius 1 is 1.38 bits per heavy atom. The normalized spacial score (nSPS) is 17.7. The summed E-state index contributed by atoms with van der Waals surface area (Å²) in [4.78, 5) is 26.0. The quantitative estimate of drug-likeness (QED) is 0.871. The first-order valence-electron chi connectivity index (χ1n) is 7.19. The van der Waals surface area contributed by atoms with Gasteiger partial charge < -0.3 is 19.9 Å². The van der Waals surface area contributed by atoms with Gasteiger partial charge in [0.25, 0.3) is 5.91 Å². The van der Waals surface area contributed by atoms with Crippen LogP contribution in [0.1, 0.15) is 29.8 Å². The highest BCUT2D eigenvalue weighted by Gasteiger charge is 2.40. The number of nitrogens with two attached hydrogens (primary N) is 1. The molecule has 0 radical (unpaired) electrons. The van der Waals surface area contributed by atoms with E-state index in [0.29, 0.717) is 44.7 Å². The Morgan fingerprint density at radius 2 is 2.05 bits per heavy atom. The summed E-state index contributed by atoms with van der Waals surface area (Å²) in [6, 6.07) is 3.66. The first-order valence-corrected chi connectivity index (χ1v) is 7.19. The molecule has 0 aliphatic carbocycles. The van der Waals surface area contributed by atoms with E-state index in [0.717, 1.165) is 0 Å². The Morgan fingerprint density at radius 3 is 2.52 bits per heavy atom. The molecule has 0 atom stereocenters. The van der Waals surface area contributed by atoms with Gasteiger partial charge in [0, 0.05) is 40.1 Å². The summed E-state index contributed by atoms with van der Waals surface area (Å²) >= 11 is 0. The second-order valence-corrected chi connectivity index (χ2v) is 5.68. The van der Waals surface area contributed by atoms with Crippen LogP contribution in [0.3, 0.4) is 0 Å². The molecule has 1 aliphatic heterocycles. The van der Waals surface area contributed by atoms with Crippen LogP contribution in [0.4, 0.5) is 0 Å². The minimum Gasteiger partial charge on any atom is -0.385 e. The molecular formula is C15H23N3O3. The van der Waals surface area contributed by atoms with Crippen molar-refractivity contribution < 1.29 is 14.3 Å². The molecule has 2 rings (SSSR count). The van der Waals surface area contributed by atoms with Crippen LogP contribution in [0.25, 0.3) is 0 Å². The molecule has 0 unspecified atom stereocenters. The zero-order chi connectivity index (χ0) is 15.5. The first kappa shape index (κ1) is 15.6. The van der Waals surface area contributed by atoms with E-state index in [1.807, 2.05) is 29.9 Å². The van der Waals surface area contributed by atoms with E-state index in [2.05, 4.69) is 0 Å². The van der Waals surface area contributed by atoms with Crippen LogP contribution in [0.15, 0.2) is 18.3 Å². The van der Waals surface area contributed by atoms with Gasteiger partial charge in [-0.3, -0.25) is 9.59 Å². The number of aromatic nitrogens is 1. The van der Waals surface area contributed by atoms with Gasteiger partial charge >= 0.3 is 0 Å². The van der Waals surface area contributed by atoms with Gasteiger partial charge in [0.2, 0.25) is 5.91 Å². The average molecular weight is 293 g/mol. The smallest absolute Gasteiger partial charge is 0.270 e. The predicted molar refractivity (Wildman–Crippen MR) is 78.7 cm³/mol. The van der Waals surface area contributed by atoms with E-state index >= 15 is 0 Å². The number of ether oxygens (including phenoxy) is 1. The lowest BCUT2D eigenvalue weighted by atomic mass is 9.75. The van der Waals surface area contributed by atoms with Gasteiger partial charge in [0.1, 0.15) is 5.69 Å². The van der Waals surface area contributed by atoms with Gasteiger partial charge in [-0.2, -0.15) is 0 Å². The van der Waals surface area contributed by atoms with Gasteiger partial charge in [-0.05, 0) is 31.4 Å². The van der Waals surface area contributed by atoms with Crippen molar-refractivity contribution in [3.05, 3.63) is 24.0 Å². The summed E-state index contributed by atoms with van der Waals surface area (Å²) in [5.74, 6) is -0.280. The summed E-state index contributed by atoms with van der Waals surface area (Å²) in [7, 11) is 3.46. The van der Waals surface area contributed by atoms with Crippen LogP contribution < -0.4 is 5.73 Å². The number of hydrogen-bond acceptors (Lipinski definition) is 3. The van der Waals surface area contributed by atoms with Crippen molar-refractivity contribution in [2.45, 2.75) is 19.3 Å². The molecule has 2 N–H and O–H groups in total. The van der Waals surface area contributed by atoms with Crippen LogP contribution in [0, 0.1) is 5.41 Å². The van der Waals surface area contributed by atoms with Crippen molar-refractivity contribution in [1.82, 2.24) is 9.47 Å². The summed E-state index contributed by atoms with van der Waals surface area (Å²) in [6.07, 6.45) is 3.66. The number of rotatable bonds is 5. The Bertz CT molecular complexity index is 516. The molecule has 0 aromatic carbocycles. The number of likely N-dealkylation sites (tertiary alicyclic amines) is 1. The fourth-order valence-corrected chi connectivity index (χ4v) is 2.90. The SMILES string of the molecule is COCCC1(C(N)=O)CCN(C(=O)c2cccn2C)CC1. The number of piperidine rings is 1. The molecule has 1 saturated heterocycles. The van der Waals surface area contributed by atoms with E-state index in [1.54, 1.807) is 12.0 Å². The van der Waals surface area contributed by atoms with E-state index in [9.17, 15) is 9.59 Å². The second-order valence-electron chi connectivity index (χ2n) is 5.68. The monoisotopic (exact) mass is 293 g/mol. The molecule has 6 heteroatoms. The number of hydrogen-bond donors (Lipinski definition) is 1. The van der Waals surface area contributed by atoms with Crippen molar-refractivity contribution in [3.8, 4) is 0 Å². The number of carbonyl (C=O) groups excluding carboxylic acids is 2. The summed E-state index contributed by atoms with van der Waals surface area (Å²) < 4.78 is 6.89. The highest BCUT2D eigenvalue weighted by Crippen LogP contribution is 2.35. The molecule has 1 aromatic heterocycles. The maximum atomic E-state index is 12.4. The second kappa shape index (κ2) is 6.30. The zero-order valence-electron chi connectivity index (χ0n) is 12.7. The van der Waals surface area contributed by atoms with E-state index in [1.165, 1.54) is 0 Å².